The third kappa shape index (κ3) is 1.97. The molecule has 0 unspecified atom stereocenters. The van der Waals surface area contributed by atoms with Crippen molar-refractivity contribution in [1.29, 1.82) is 0 Å². The summed E-state index contributed by atoms with van der Waals surface area (Å²) in [5.41, 5.74) is -0.147. The maximum atomic E-state index is 10.6. The molecule has 3 heteroatoms. The summed E-state index contributed by atoms with van der Waals surface area (Å²) in [5.74, 6) is 2.91. The minimum Gasteiger partial charge on any atom is -0.454 e. The van der Waals surface area contributed by atoms with Gasteiger partial charge in [-0.15, -0.1) is 0 Å². The van der Waals surface area contributed by atoms with E-state index in [9.17, 15) is 4.79 Å². The third-order valence-corrected chi connectivity index (χ3v) is 5.12. The molecule has 0 atom stereocenters. The van der Waals surface area contributed by atoms with Gasteiger partial charge in [-0.1, -0.05) is 0 Å². The number of hydrogen-bond acceptors (Lipinski definition) is 2. The molecule has 0 N–H and O–H groups in total. The molecule has 0 aromatic heterocycles. The van der Waals surface area contributed by atoms with Gasteiger partial charge in [0.05, 0.1) is 6.61 Å². The van der Waals surface area contributed by atoms with Crippen LogP contribution >= 0.6 is 11.6 Å². The molecular formula is C13H19ClO2. The molecule has 0 aromatic carbocycles. The standard InChI is InChI=1S/C13H19ClO2/c14-12(15)16-2-1-13-6-9-3-10(7-13)5-11(4-9)8-13/h9-11H,1-8H2. The molecule has 2 nitrogen and oxygen atoms in total. The highest BCUT2D eigenvalue weighted by Crippen LogP contribution is 2.61. The van der Waals surface area contributed by atoms with E-state index in [4.69, 9.17) is 16.3 Å². The zero-order chi connectivity index (χ0) is 11.2. The molecule has 4 bridgehead atoms. The molecule has 90 valence electrons. The van der Waals surface area contributed by atoms with Gasteiger partial charge in [0.2, 0.25) is 0 Å². The average Bonchev–Trinajstić information content (AvgIpc) is 2.13. The minimum absolute atomic E-state index is 0.501. The number of hydrogen-bond donors (Lipinski definition) is 0. The summed E-state index contributed by atoms with van der Waals surface area (Å²) >= 11 is 5.20. The van der Waals surface area contributed by atoms with Crippen LogP contribution < -0.4 is 0 Å². The van der Waals surface area contributed by atoms with E-state index in [0.29, 0.717) is 12.0 Å². The van der Waals surface area contributed by atoms with Gasteiger partial charge in [-0.25, -0.2) is 4.79 Å². The Labute approximate surface area is 102 Å². The molecule has 0 saturated heterocycles. The topological polar surface area (TPSA) is 26.3 Å². The van der Waals surface area contributed by atoms with E-state index in [-0.39, 0.29) is 0 Å². The molecule has 0 aliphatic heterocycles. The first-order chi connectivity index (χ1) is 7.65. The maximum absolute atomic E-state index is 10.6. The third-order valence-electron chi connectivity index (χ3n) is 5.01. The van der Waals surface area contributed by atoms with E-state index in [1.165, 1.54) is 38.5 Å². The second-order valence-electron chi connectivity index (χ2n) is 6.25. The van der Waals surface area contributed by atoms with E-state index in [1.54, 1.807) is 0 Å². The summed E-state index contributed by atoms with van der Waals surface area (Å²) in [4.78, 5) is 10.6. The maximum Gasteiger partial charge on any atom is 0.403 e. The Balaban J connectivity index is 1.62. The lowest BCUT2D eigenvalue weighted by molar-refractivity contribution is -0.0636. The summed E-state index contributed by atoms with van der Waals surface area (Å²) in [5, 5.41) is 0. The molecule has 4 aliphatic rings. The smallest absolute Gasteiger partial charge is 0.403 e. The molecule has 4 fully saturated rings. The Hall–Kier alpha value is -0.240. The Kier molecular flexibility index (Phi) is 2.66. The van der Waals surface area contributed by atoms with Gasteiger partial charge in [-0.05, 0) is 68.1 Å². The SMILES string of the molecule is O=C(Cl)OCCC12CC3CC(CC(C3)C1)C2. The predicted octanol–water partition coefficient (Wildman–Crippen LogP) is 3.97. The van der Waals surface area contributed by atoms with Crippen molar-refractivity contribution < 1.29 is 9.53 Å². The van der Waals surface area contributed by atoms with E-state index in [1.807, 2.05) is 0 Å². The first-order valence-corrected chi connectivity index (χ1v) is 6.85. The lowest BCUT2D eigenvalue weighted by Gasteiger charge is -2.57. The van der Waals surface area contributed by atoms with Crippen LogP contribution in [0.3, 0.4) is 0 Å². The van der Waals surface area contributed by atoms with Crippen molar-refractivity contribution in [2.24, 2.45) is 23.2 Å². The molecule has 0 radical (unpaired) electrons. The van der Waals surface area contributed by atoms with Crippen LogP contribution in [0.2, 0.25) is 0 Å². The highest BCUT2D eigenvalue weighted by molar-refractivity contribution is 6.61. The summed E-state index contributed by atoms with van der Waals surface area (Å²) in [7, 11) is 0. The number of carbonyl (C=O) groups excluding carboxylic acids is 1. The second-order valence-corrected chi connectivity index (χ2v) is 6.56. The highest BCUT2D eigenvalue weighted by Gasteiger charge is 2.50. The summed E-state index contributed by atoms with van der Waals surface area (Å²) < 4.78 is 4.91. The van der Waals surface area contributed by atoms with Crippen molar-refractivity contribution >= 4 is 17.0 Å². The van der Waals surface area contributed by atoms with Gasteiger partial charge < -0.3 is 4.74 Å². The number of ether oxygens (including phenoxy) is 1. The van der Waals surface area contributed by atoms with Crippen LogP contribution in [0.15, 0.2) is 0 Å². The lowest BCUT2D eigenvalue weighted by atomic mass is 9.49. The summed E-state index contributed by atoms with van der Waals surface area (Å²) in [6.45, 7) is 0.522. The largest absolute Gasteiger partial charge is 0.454 e. The first-order valence-electron chi connectivity index (χ1n) is 6.47. The number of rotatable bonds is 3. The van der Waals surface area contributed by atoms with Crippen LogP contribution in [-0.2, 0) is 4.74 Å². The first kappa shape index (κ1) is 10.9. The number of halogens is 1. The van der Waals surface area contributed by atoms with Crippen LogP contribution in [0.4, 0.5) is 4.79 Å². The van der Waals surface area contributed by atoms with Gasteiger partial charge in [-0.2, -0.15) is 0 Å². The zero-order valence-electron chi connectivity index (χ0n) is 9.58. The fourth-order valence-electron chi connectivity index (χ4n) is 4.94. The van der Waals surface area contributed by atoms with Crippen LogP contribution in [-0.4, -0.2) is 12.0 Å². The quantitative estimate of drug-likeness (QED) is 0.700. The Morgan fingerprint density at radius 2 is 1.62 bits per heavy atom. The van der Waals surface area contributed by atoms with Gasteiger partial charge in [0.25, 0.3) is 0 Å². The molecule has 0 spiro atoms. The Morgan fingerprint density at radius 1 is 1.12 bits per heavy atom. The van der Waals surface area contributed by atoms with Gasteiger partial charge in [0, 0.05) is 11.6 Å². The van der Waals surface area contributed by atoms with E-state index >= 15 is 0 Å². The van der Waals surface area contributed by atoms with Crippen LogP contribution in [0.25, 0.3) is 0 Å². The van der Waals surface area contributed by atoms with E-state index < -0.39 is 5.43 Å². The summed E-state index contributed by atoms with van der Waals surface area (Å²) in [6.07, 6.45) is 9.56. The zero-order valence-corrected chi connectivity index (χ0v) is 10.3. The second kappa shape index (κ2) is 3.90. The highest BCUT2D eigenvalue weighted by atomic mass is 35.5. The van der Waals surface area contributed by atoms with Gasteiger partial charge in [-0.3, -0.25) is 0 Å². The van der Waals surface area contributed by atoms with E-state index in [2.05, 4.69) is 0 Å². The summed E-state index contributed by atoms with van der Waals surface area (Å²) in [6, 6.07) is 0. The number of carbonyl (C=O) groups is 1. The normalized spacial score (nSPS) is 44.7. The molecule has 0 aromatic rings. The fraction of sp³-hybridized carbons (Fsp3) is 0.923. The van der Waals surface area contributed by atoms with Crippen molar-refractivity contribution in [3.8, 4) is 0 Å². The molecule has 0 amide bonds. The predicted molar refractivity (Wildman–Crippen MR) is 62.4 cm³/mol. The van der Waals surface area contributed by atoms with Gasteiger partial charge in [0.1, 0.15) is 0 Å². The van der Waals surface area contributed by atoms with Crippen LogP contribution in [0.5, 0.6) is 0 Å². The van der Waals surface area contributed by atoms with Gasteiger partial charge in [0.15, 0.2) is 0 Å². The van der Waals surface area contributed by atoms with Crippen LogP contribution in [0, 0.1) is 23.2 Å². The van der Waals surface area contributed by atoms with Gasteiger partial charge >= 0.3 is 5.43 Å². The molecule has 0 heterocycles. The van der Waals surface area contributed by atoms with Crippen molar-refractivity contribution in [2.45, 2.75) is 44.9 Å². The fourth-order valence-corrected chi connectivity index (χ4v) is 5.02. The molecular weight excluding hydrogens is 224 g/mol. The molecule has 4 saturated carbocycles. The molecule has 4 aliphatic carbocycles. The van der Waals surface area contributed by atoms with Crippen molar-refractivity contribution in [3.63, 3.8) is 0 Å². The monoisotopic (exact) mass is 242 g/mol. The van der Waals surface area contributed by atoms with Crippen molar-refractivity contribution in [3.05, 3.63) is 0 Å². The van der Waals surface area contributed by atoms with E-state index in [0.717, 1.165) is 24.2 Å². The van der Waals surface area contributed by atoms with Crippen LogP contribution in [0.1, 0.15) is 44.9 Å². The minimum atomic E-state index is -0.648. The van der Waals surface area contributed by atoms with Crippen molar-refractivity contribution in [2.75, 3.05) is 6.61 Å². The Bertz CT molecular complexity index is 265. The van der Waals surface area contributed by atoms with Crippen molar-refractivity contribution in [1.82, 2.24) is 0 Å². The lowest BCUT2D eigenvalue weighted by Crippen LogP contribution is -2.46. The Morgan fingerprint density at radius 3 is 2.06 bits per heavy atom. The average molecular weight is 243 g/mol. The molecule has 16 heavy (non-hydrogen) atoms. The molecule has 4 rings (SSSR count).